The largest absolute Gasteiger partial charge is 0.507 e. The number of nitrogens with one attached hydrogen (secondary N) is 2. The molecule has 2 amide bonds. The molecule has 30 heavy (non-hydrogen) atoms. The van der Waals surface area contributed by atoms with Gasteiger partial charge >= 0.3 is 0 Å². The molecule has 0 heterocycles. The molecule has 3 aromatic carbocycles. The van der Waals surface area contributed by atoms with Gasteiger partial charge in [0.2, 0.25) is 5.91 Å². The van der Waals surface area contributed by atoms with E-state index in [2.05, 4.69) is 38.4 Å². The number of phenols is 1. The second kappa shape index (κ2) is 10.5. The van der Waals surface area contributed by atoms with Crippen molar-refractivity contribution < 1.29 is 14.7 Å². The van der Waals surface area contributed by atoms with Crippen molar-refractivity contribution in [3.8, 4) is 5.75 Å². The van der Waals surface area contributed by atoms with Gasteiger partial charge in [0, 0.05) is 9.13 Å². The summed E-state index contributed by atoms with van der Waals surface area (Å²) in [6.45, 7) is -0.218. The van der Waals surface area contributed by atoms with E-state index in [1.165, 1.54) is 6.21 Å². The third kappa shape index (κ3) is 5.90. The molecule has 3 rings (SSSR count). The van der Waals surface area contributed by atoms with Gasteiger partial charge in [-0.15, -0.1) is 0 Å². The molecule has 152 valence electrons. The maximum Gasteiger partial charge on any atom is 0.259 e. The van der Waals surface area contributed by atoms with E-state index < -0.39 is 11.8 Å². The Balaban J connectivity index is 1.62. The molecule has 0 aromatic heterocycles. The summed E-state index contributed by atoms with van der Waals surface area (Å²) in [5, 5.41) is 16.3. The number of benzene rings is 3. The summed E-state index contributed by atoms with van der Waals surface area (Å²) in [6.07, 6.45) is 1.36. The predicted molar refractivity (Wildman–Crippen MR) is 124 cm³/mol. The first-order valence-corrected chi connectivity index (χ1v) is 10.3. The summed E-state index contributed by atoms with van der Waals surface area (Å²) in [6, 6.07) is 23.9. The summed E-state index contributed by atoms with van der Waals surface area (Å²) >= 11 is 2.12. The highest BCUT2D eigenvalue weighted by Gasteiger charge is 2.22. The molecule has 3 aromatic rings. The minimum Gasteiger partial charge on any atom is -0.507 e. The van der Waals surface area contributed by atoms with E-state index >= 15 is 0 Å². The Kier molecular flexibility index (Phi) is 7.56. The fourth-order valence-electron chi connectivity index (χ4n) is 2.90. The molecule has 6 nitrogen and oxygen atoms in total. The number of hydrogen-bond donors (Lipinski definition) is 3. The molecule has 0 aliphatic carbocycles. The minimum absolute atomic E-state index is 0.0651. The van der Waals surface area contributed by atoms with Crippen LogP contribution in [0.15, 0.2) is 84.0 Å². The van der Waals surface area contributed by atoms with Gasteiger partial charge in [-0.1, -0.05) is 60.7 Å². The normalized spacial score (nSPS) is 10.9. The number of hydrogen-bond acceptors (Lipinski definition) is 4. The van der Waals surface area contributed by atoms with E-state index in [1.54, 1.807) is 18.2 Å². The van der Waals surface area contributed by atoms with Gasteiger partial charge in [-0.05, 0) is 51.9 Å². The van der Waals surface area contributed by atoms with Gasteiger partial charge in [0.15, 0.2) is 0 Å². The van der Waals surface area contributed by atoms with Gasteiger partial charge < -0.3 is 10.4 Å². The molecule has 7 heteroatoms. The fraction of sp³-hybridized carbons (Fsp3) is 0.0870. The van der Waals surface area contributed by atoms with Crippen LogP contribution in [0, 0.1) is 3.57 Å². The zero-order valence-corrected chi connectivity index (χ0v) is 18.1. The summed E-state index contributed by atoms with van der Waals surface area (Å²) < 4.78 is 0.929. The Morgan fingerprint density at radius 1 is 0.967 bits per heavy atom. The summed E-state index contributed by atoms with van der Waals surface area (Å²) in [5.74, 6) is -1.20. The lowest BCUT2D eigenvalue weighted by atomic mass is 9.90. The number of rotatable bonds is 7. The van der Waals surface area contributed by atoms with Crippen LogP contribution < -0.4 is 10.7 Å². The number of halogens is 1. The first-order valence-electron chi connectivity index (χ1n) is 9.22. The summed E-state index contributed by atoms with van der Waals surface area (Å²) in [5.41, 5.74) is 4.52. The molecule has 0 bridgehead atoms. The van der Waals surface area contributed by atoms with Gasteiger partial charge in [-0.3, -0.25) is 9.59 Å². The number of hydrazone groups is 1. The SMILES string of the molecule is O=C(CNC(=O)C(c1ccccc1)c1ccccc1)N/N=C/c1cc(I)ccc1O. The first kappa shape index (κ1) is 21.5. The van der Waals surface area contributed by atoms with Crippen molar-refractivity contribution in [1.29, 1.82) is 0 Å². The highest BCUT2D eigenvalue weighted by atomic mass is 127. The topological polar surface area (TPSA) is 90.8 Å². The molecule has 0 saturated carbocycles. The van der Waals surface area contributed by atoms with Crippen molar-refractivity contribution in [1.82, 2.24) is 10.7 Å². The van der Waals surface area contributed by atoms with Gasteiger partial charge in [-0.25, -0.2) is 5.43 Å². The molecule has 0 fully saturated rings. The Labute approximate surface area is 188 Å². The summed E-state index contributed by atoms with van der Waals surface area (Å²) in [7, 11) is 0. The molecule has 0 unspecified atom stereocenters. The zero-order valence-electron chi connectivity index (χ0n) is 16.0. The van der Waals surface area contributed by atoms with Crippen LogP contribution in [0.5, 0.6) is 5.75 Å². The lowest BCUT2D eigenvalue weighted by Gasteiger charge is -2.17. The molecule has 0 spiro atoms. The van der Waals surface area contributed by atoms with E-state index in [0.29, 0.717) is 5.56 Å². The Morgan fingerprint density at radius 2 is 1.57 bits per heavy atom. The highest BCUT2D eigenvalue weighted by Crippen LogP contribution is 2.24. The maximum atomic E-state index is 12.9. The third-order valence-corrected chi connectivity index (χ3v) is 5.00. The van der Waals surface area contributed by atoms with Crippen LogP contribution in [0.4, 0.5) is 0 Å². The van der Waals surface area contributed by atoms with Crippen molar-refractivity contribution in [3.63, 3.8) is 0 Å². The number of carbonyl (C=O) groups is 2. The lowest BCUT2D eigenvalue weighted by Crippen LogP contribution is -2.37. The van der Waals surface area contributed by atoms with E-state index in [-0.39, 0.29) is 18.2 Å². The predicted octanol–water partition coefficient (Wildman–Crippen LogP) is 3.40. The van der Waals surface area contributed by atoms with Gasteiger partial charge in [0.1, 0.15) is 5.75 Å². The van der Waals surface area contributed by atoms with Crippen LogP contribution >= 0.6 is 22.6 Å². The van der Waals surface area contributed by atoms with Crippen molar-refractivity contribution in [2.24, 2.45) is 5.10 Å². The second-order valence-electron chi connectivity index (χ2n) is 6.47. The number of nitrogens with zero attached hydrogens (tertiary/aromatic N) is 1. The van der Waals surface area contributed by atoms with Crippen LogP contribution in [0.2, 0.25) is 0 Å². The average molecular weight is 513 g/mol. The van der Waals surface area contributed by atoms with E-state index in [0.717, 1.165) is 14.7 Å². The van der Waals surface area contributed by atoms with Crippen molar-refractivity contribution in [2.45, 2.75) is 5.92 Å². The Morgan fingerprint density at radius 3 is 2.17 bits per heavy atom. The summed E-state index contributed by atoms with van der Waals surface area (Å²) in [4.78, 5) is 24.9. The first-order chi connectivity index (χ1) is 14.5. The van der Waals surface area contributed by atoms with E-state index in [1.807, 2.05) is 60.7 Å². The molecular formula is C23H20IN3O3. The van der Waals surface area contributed by atoms with Gasteiger partial charge in [0.05, 0.1) is 18.7 Å². The van der Waals surface area contributed by atoms with Crippen molar-refractivity contribution in [2.75, 3.05) is 6.54 Å². The maximum absolute atomic E-state index is 12.9. The number of amides is 2. The molecule has 0 saturated heterocycles. The van der Waals surface area contributed by atoms with Gasteiger partial charge in [0.25, 0.3) is 5.91 Å². The molecule has 3 N–H and O–H groups in total. The number of phenolic OH excluding ortho intramolecular Hbond substituents is 1. The fourth-order valence-corrected chi connectivity index (χ4v) is 3.41. The van der Waals surface area contributed by atoms with Crippen molar-refractivity contribution >= 4 is 40.6 Å². The molecule has 0 aliphatic rings. The van der Waals surface area contributed by atoms with Crippen LogP contribution in [-0.4, -0.2) is 29.7 Å². The average Bonchev–Trinajstić information content (AvgIpc) is 2.76. The van der Waals surface area contributed by atoms with Crippen LogP contribution in [0.1, 0.15) is 22.6 Å². The molecule has 0 aliphatic heterocycles. The monoisotopic (exact) mass is 513 g/mol. The molecular weight excluding hydrogens is 493 g/mol. The van der Waals surface area contributed by atoms with Crippen LogP contribution in [0.25, 0.3) is 0 Å². The Hall–Kier alpha value is -3.20. The van der Waals surface area contributed by atoms with E-state index in [4.69, 9.17) is 0 Å². The quantitative estimate of drug-likeness (QED) is 0.257. The van der Waals surface area contributed by atoms with Crippen molar-refractivity contribution in [3.05, 3.63) is 99.1 Å². The zero-order chi connectivity index (χ0) is 21.3. The lowest BCUT2D eigenvalue weighted by molar-refractivity contribution is -0.126. The highest BCUT2D eigenvalue weighted by molar-refractivity contribution is 14.1. The molecule has 0 radical (unpaired) electrons. The Bertz CT molecular complexity index is 1000. The van der Waals surface area contributed by atoms with Crippen LogP contribution in [-0.2, 0) is 9.59 Å². The minimum atomic E-state index is -0.521. The number of aromatic hydroxyl groups is 1. The van der Waals surface area contributed by atoms with Crippen LogP contribution in [0.3, 0.4) is 0 Å². The third-order valence-electron chi connectivity index (χ3n) is 4.33. The smallest absolute Gasteiger partial charge is 0.259 e. The molecule has 0 atom stereocenters. The standard InChI is InChI=1S/C23H20IN3O3/c24-19-11-12-20(28)18(13-19)14-26-27-21(29)15-25-23(30)22(16-7-3-1-4-8-16)17-9-5-2-6-10-17/h1-14,22,28H,15H2,(H,25,30)(H,27,29)/b26-14+. The van der Waals surface area contributed by atoms with Gasteiger partial charge in [-0.2, -0.15) is 5.10 Å². The number of carbonyl (C=O) groups excluding carboxylic acids is 2. The van der Waals surface area contributed by atoms with E-state index in [9.17, 15) is 14.7 Å². The second-order valence-corrected chi connectivity index (χ2v) is 7.71.